The van der Waals surface area contributed by atoms with Crippen LogP contribution in [0.2, 0.25) is 10.0 Å². The van der Waals surface area contributed by atoms with Gasteiger partial charge in [-0.25, -0.2) is 0 Å². The van der Waals surface area contributed by atoms with Gasteiger partial charge < -0.3 is 4.90 Å². The maximum absolute atomic E-state index is 12.6. The topological polar surface area (TPSA) is 66.7 Å². The number of carbonyl (C=O) groups is 1. The van der Waals surface area contributed by atoms with Crippen LogP contribution in [0.3, 0.4) is 0 Å². The number of benzene rings is 2. The van der Waals surface area contributed by atoms with Crippen LogP contribution < -0.4 is 0 Å². The molecule has 1 heterocycles. The molecule has 1 aliphatic rings. The van der Waals surface area contributed by atoms with Crippen molar-refractivity contribution in [3.63, 3.8) is 0 Å². The van der Waals surface area contributed by atoms with Gasteiger partial charge in [-0.3, -0.25) is 19.8 Å². The Morgan fingerprint density at radius 3 is 2.42 bits per heavy atom. The van der Waals surface area contributed by atoms with E-state index in [2.05, 4.69) is 4.90 Å². The van der Waals surface area contributed by atoms with E-state index in [0.29, 0.717) is 42.8 Å². The smallest absolute Gasteiger partial charge is 0.282 e. The highest BCUT2D eigenvalue weighted by Crippen LogP contribution is 2.24. The summed E-state index contributed by atoms with van der Waals surface area (Å²) in [5.74, 6) is -0.304. The average molecular weight is 394 g/mol. The molecule has 1 fully saturated rings. The van der Waals surface area contributed by atoms with Crippen molar-refractivity contribution in [3.05, 3.63) is 73.8 Å². The predicted octanol–water partition coefficient (Wildman–Crippen LogP) is 3.86. The number of halogens is 2. The van der Waals surface area contributed by atoms with Crippen LogP contribution in [0, 0.1) is 10.1 Å². The summed E-state index contributed by atoms with van der Waals surface area (Å²) >= 11 is 12.1. The van der Waals surface area contributed by atoms with Crippen LogP contribution in [-0.2, 0) is 6.54 Å². The molecule has 2 aromatic rings. The highest BCUT2D eigenvalue weighted by Gasteiger charge is 2.27. The fourth-order valence-corrected chi connectivity index (χ4v) is 3.45. The Balaban J connectivity index is 1.63. The zero-order valence-electron chi connectivity index (χ0n) is 13.9. The second-order valence-electron chi connectivity index (χ2n) is 6.08. The van der Waals surface area contributed by atoms with Crippen LogP contribution in [0.4, 0.5) is 5.69 Å². The Hall–Kier alpha value is -2.15. The molecule has 1 aliphatic heterocycles. The van der Waals surface area contributed by atoms with Crippen LogP contribution in [-0.4, -0.2) is 46.8 Å². The van der Waals surface area contributed by atoms with Gasteiger partial charge in [-0.15, -0.1) is 0 Å². The second kappa shape index (κ2) is 8.03. The number of rotatable bonds is 4. The zero-order chi connectivity index (χ0) is 18.7. The Morgan fingerprint density at radius 1 is 1.08 bits per heavy atom. The molecule has 136 valence electrons. The van der Waals surface area contributed by atoms with E-state index in [0.717, 1.165) is 5.56 Å². The van der Waals surface area contributed by atoms with E-state index in [1.165, 1.54) is 12.1 Å². The molecule has 0 bridgehead atoms. The molecule has 0 spiro atoms. The van der Waals surface area contributed by atoms with Crippen molar-refractivity contribution in [3.8, 4) is 0 Å². The van der Waals surface area contributed by atoms with Crippen LogP contribution in [0.15, 0.2) is 42.5 Å². The molecule has 6 nitrogen and oxygen atoms in total. The van der Waals surface area contributed by atoms with Crippen molar-refractivity contribution in [2.24, 2.45) is 0 Å². The molecular weight excluding hydrogens is 377 g/mol. The summed E-state index contributed by atoms with van der Waals surface area (Å²) in [4.78, 5) is 27.1. The van der Waals surface area contributed by atoms with E-state index in [4.69, 9.17) is 23.2 Å². The number of piperazine rings is 1. The first-order valence-electron chi connectivity index (χ1n) is 8.14. The van der Waals surface area contributed by atoms with Gasteiger partial charge in [-0.05, 0) is 23.8 Å². The molecule has 0 aliphatic carbocycles. The monoisotopic (exact) mass is 393 g/mol. The number of nitro groups is 1. The maximum atomic E-state index is 12.6. The van der Waals surface area contributed by atoms with E-state index in [-0.39, 0.29) is 17.2 Å². The number of hydrogen-bond donors (Lipinski definition) is 0. The normalized spacial score (nSPS) is 15.1. The quantitative estimate of drug-likeness (QED) is 0.584. The first-order valence-corrected chi connectivity index (χ1v) is 8.90. The zero-order valence-corrected chi connectivity index (χ0v) is 15.4. The third-order valence-electron chi connectivity index (χ3n) is 4.40. The predicted molar refractivity (Wildman–Crippen MR) is 101 cm³/mol. The molecule has 26 heavy (non-hydrogen) atoms. The lowest BCUT2D eigenvalue weighted by Crippen LogP contribution is -2.48. The molecule has 1 amide bonds. The minimum Gasteiger partial charge on any atom is -0.336 e. The summed E-state index contributed by atoms with van der Waals surface area (Å²) in [6.07, 6.45) is 0. The molecule has 3 rings (SSSR count). The van der Waals surface area contributed by atoms with Crippen molar-refractivity contribution in [1.82, 2.24) is 9.80 Å². The van der Waals surface area contributed by atoms with Crippen LogP contribution in [0.5, 0.6) is 0 Å². The van der Waals surface area contributed by atoms with Crippen molar-refractivity contribution in [2.75, 3.05) is 26.2 Å². The van der Waals surface area contributed by atoms with Crippen molar-refractivity contribution in [2.45, 2.75) is 6.54 Å². The lowest BCUT2D eigenvalue weighted by molar-refractivity contribution is -0.385. The number of para-hydroxylation sites is 1. The summed E-state index contributed by atoms with van der Waals surface area (Å²) in [5.41, 5.74) is 0.953. The molecule has 0 N–H and O–H groups in total. The van der Waals surface area contributed by atoms with Gasteiger partial charge in [0.05, 0.1) is 4.92 Å². The van der Waals surface area contributed by atoms with E-state index >= 15 is 0 Å². The SMILES string of the molecule is O=C(c1ccccc1[N+](=O)[O-])N1CCN(Cc2ccc(Cl)cc2Cl)CC1. The highest BCUT2D eigenvalue weighted by molar-refractivity contribution is 6.35. The molecule has 8 heteroatoms. The third kappa shape index (κ3) is 4.15. The lowest BCUT2D eigenvalue weighted by Gasteiger charge is -2.34. The summed E-state index contributed by atoms with van der Waals surface area (Å²) in [7, 11) is 0. The number of carbonyl (C=O) groups excluding carboxylic acids is 1. The third-order valence-corrected chi connectivity index (χ3v) is 4.99. The second-order valence-corrected chi connectivity index (χ2v) is 6.92. The fourth-order valence-electron chi connectivity index (χ4n) is 2.98. The van der Waals surface area contributed by atoms with Gasteiger partial charge in [0.2, 0.25) is 0 Å². The number of amides is 1. The van der Waals surface area contributed by atoms with E-state index in [9.17, 15) is 14.9 Å². The molecule has 0 unspecified atom stereocenters. The summed E-state index contributed by atoms with van der Waals surface area (Å²) in [6, 6.07) is 11.5. The molecule has 1 saturated heterocycles. The van der Waals surface area contributed by atoms with E-state index in [1.807, 2.05) is 6.07 Å². The molecule has 0 aromatic heterocycles. The van der Waals surface area contributed by atoms with E-state index in [1.54, 1.807) is 29.2 Å². The molecule has 0 atom stereocenters. The van der Waals surface area contributed by atoms with Crippen molar-refractivity contribution in [1.29, 1.82) is 0 Å². The average Bonchev–Trinajstić information content (AvgIpc) is 2.64. The molecule has 0 saturated carbocycles. The van der Waals surface area contributed by atoms with Crippen LogP contribution >= 0.6 is 23.2 Å². The minimum atomic E-state index is -0.522. The van der Waals surface area contributed by atoms with Gasteiger partial charge in [-0.1, -0.05) is 41.4 Å². The van der Waals surface area contributed by atoms with Gasteiger partial charge in [0.25, 0.3) is 11.6 Å². The summed E-state index contributed by atoms with van der Waals surface area (Å²) in [5, 5.41) is 12.3. The number of nitro benzene ring substituents is 1. The van der Waals surface area contributed by atoms with Gasteiger partial charge in [0.1, 0.15) is 5.56 Å². The van der Waals surface area contributed by atoms with E-state index < -0.39 is 4.92 Å². The number of hydrogen-bond acceptors (Lipinski definition) is 4. The highest BCUT2D eigenvalue weighted by atomic mass is 35.5. The Labute approximate surface area is 161 Å². The molecule has 0 radical (unpaired) electrons. The first-order chi connectivity index (χ1) is 12.5. The van der Waals surface area contributed by atoms with Crippen LogP contribution in [0.1, 0.15) is 15.9 Å². The standard InChI is InChI=1S/C18H17Cl2N3O3/c19-14-6-5-13(16(20)11-14)12-21-7-9-22(10-8-21)18(24)15-3-1-2-4-17(15)23(25)26/h1-6,11H,7-10,12H2. The van der Waals surface area contributed by atoms with Gasteiger partial charge >= 0.3 is 0 Å². The minimum absolute atomic E-state index is 0.131. The molecule has 2 aromatic carbocycles. The van der Waals surface area contributed by atoms with Gasteiger partial charge in [0.15, 0.2) is 0 Å². The first kappa shape index (κ1) is 18.6. The lowest BCUT2D eigenvalue weighted by atomic mass is 10.1. The largest absolute Gasteiger partial charge is 0.336 e. The summed E-state index contributed by atoms with van der Waals surface area (Å²) in [6.45, 7) is 3.03. The van der Waals surface area contributed by atoms with Crippen LogP contribution in [0.25, 0.3) is 0 Å². The Morgan fingerprint density at radius 2 is 1.77 bits per heavy atom. The maximum Gasteiger partial charge on any atom is 0.282 e. The Bertz CT molecular complexity index is 836. The fraction of sp³-hybridized carbons (Fsp3) is 0.278. The summed E-state index contributed by atoms with van der Waals surface area (Å²) < 4.78 is 0. The van der Waals surface area contributed by atoms with Crippen molar-refractivity contribution >= 4 is 34.8 Å². The molecular formula is C18H17Cl2N3O3. The number of nitrogens with zero attached hydrogens (tertiary/aromatic N) is 3. The van der Waals surface area contributed by atoms with Crippen molar-refractivity contribution < 1.29 is 9.72 Å². The Kier molecular flexibility index (Phi) is 5.76. The van der Waals surface area contributed by atoms with Gasteiger partial charge in [-0.2, -0.15) is 0 Å². The van der Waals surface area contributed by atoms with Gasteiger partial charge in [0, 0.05) is 48.8 Å².